The van der Waals surface area contributed by atoms with Crippen LogP contribution >= 0.6 is 11.8 Å². The number of fused-ring (bicyclic) bond motifs is 1. The largest absolute Gasteiger partial charge is 0.493 e. The summed E-state index contributed by atoms with van der Waals surface area (Å²) in [6.45, 7) is 0. The number of nitrogens with one attached hydrogen (secondary N) is 1. The van der Waals surface area contributed by atoms with Crippen LogP contribution in [-0.4, -0.2) is 46.7 Å². The third kappa shape index (κ3) is 5.24. The van der Waals surface area contributed by atoms with Gasteiger partial charge in [0.05, 0.1) is 25.3 Å². The first kappa shape index (κ1) is 23.0. The van der Waals surface area contributed by atoms with Crippen molar-refractivity contribution < 1.29 is 29.0 Å². The number of carbonyl (C=O) groups excluding carboxylic acids is 2. The Morgan fingerprint density at radius 1 is 1.12 bits per heavy atom. The molecule has 0 aromatic heterocycles. The topological polar surface area (TPSA) is 127 Å². The zero-order valence-electron chi connectivity index (χ0n) is 17.9. The molecule has 10 heteroatoms. The number of methoxy groups -OCH3 is 1. The van der Waals surface area contributed by atoms with Crippen molar-refractivity contribution in [3.63, 3.8) is 0 Å². The molecule has 1 atom stereocenters. The number of rotatable bonds is 7. The average Bonchev–Trinajstić information content (AvgIpc) is 3.17. The minimum atomic E-state index is -1.06. The quantitative estimate of drug-likeness (QED) is 0.231. The Morgan fingerprint density at radius 3 is 2.71 bits per heavy atom. The highest BCUT2D eigenvalue weighted by Crippen LogP contribution is 2.29. The van der Waals surface area contributed by atoms with Crippen molar-refractivity contribution >= 4 is 51.8 Å². The van der Waals surface area contributed by atoms with Crippen molar-refractivity contribution in [2.75, 3.05) is 7.11 Å². The standard InChI is InChI=1S/C24H19N3O6S/c1-32-19-11-14(13-25-27-24-26-22(30)20(34-24)12-21(28)29)9-10-18(19)33-23(31)17-8-4-6-15-5-2-3-7-16(15)17/h2-11,13,20H,12H2,1H3,(H,28,29)(H,26,27,30). The fourth-order valence-electron chi connectivity index (χ4n) is 3.30. The van der Waals surface area contributed by atoms with E-state index in [9.17, 15) is 14.4 Å². The van der Waals surface area contributed by atoms with E-state index >= 15 is 0 Å². The summed E-state index contributed by atoms with van der Waals surface area (Å²) in [6.07, 6.45) is 1.14. The number of ether oxygens (including phenoxy) is 2. The molecular weight excluding hydrogens is 458 g/mol. The van der Waals surface area contributed by atoms with E-state index in [0.29, 0.717) is 16.9 Å². The number of carboxylic acids is 1. The number of carbonyl (C=O) groups is 3. The SMILES string of the molecule is COc1cc(C=NN=C2NC(=O)C(CC(=O)O)S2)ccc1OC(=O)c1cccc2ccccc12. The molecule has 0 bridgehead atoms. The van der Waals surface area contributed by atoms with Gasteiger partial charge in [-0.05, 0) is 40.6 Å². The zero-order chi connectivity index (χ0) is 24.1. The molecule has 1 heterocycles. The van der Waals surface area contributed by atoms with Gasteiger partial charge in [0.1, 0.15) is 5.25 Å². The second-order valence-corrected chi connectivity index (χ2v) is 8.36. The Morgan fingerprint density at radius 2 is 1.91 bits per heavy atom. The average molecular weight is 477 g/mol. The van der Waals surface area contributed by atoms with Gasteiger partial charge in [-0.15, -0.1) is 5.10 Å². The highest BCUT2D eigenvalue weighted by Gasteiger charge is 2.32. The van der Waals surface area contributed by atoms with E-state index < -0.39 is 23.1 Å². The van der Waals surface area contributed by atoms with Crippen LogP contribution in [-0.2, 0) is 9.59 Å². The second-order valence-electron chi connectivity index (χ2n) is 7.17. The summed E-state index contributed by atoms with van der Waals surface area (Å²) in [7, 11) is 1.46. The van der Waals surface area contributed by atoms with Gasteiger partial charge < -0.3 is 19.9 Å². The summed E-state index contributed by atoms with van der Waals surface area (Å²) in [5.41, 5.74) is 1.06. The van der Waals surface area contributed by atoms with Crippen LogP contribution in [0.2, 0.25) is 0 Å². The highest BCUT2D eigenvalue weighted by atomic mass is 32.2. The molecular formula is C24H19N3O6S. The molecule has 4 rings (SSSR count). The fourth-order valence-corrected chi connectivity index (χ4v) is 4.22. The number of hydrogen-bond acceptors (Lipinski definition) is 8. The van der Waals surface area contributed by atoms with Gasteiger partial charge in [0.25, 0.3) is 0 Å². The molecule has 0 saturated carbocycles. The number of hydrogen-bond donors (Lipinski definition) is 2. The lowest BCUT2D eigenvalue weighted by atomic mass is 10.0. The maximum absolute atomic E-state index is 12.8. The molecule has 1 aliphatic rings. The van der Waals surface area contributed by atoms with Crippen molar-refractivity contribution in [1.82, 2.24) is 5.32 Å². The van der Waals surface area contributed by atoms with Crippen LogP contribution in [0.15, 0.2) is 70.9 Å². The van der Waals surface area contributed by atoms with Crippen molar-refractivity contribution in [1.29, 1.82) is 0 Å². The Kier molecular flexibility index (Phi) is 6.88. The van der Waals surface area contributed by atoms with E-state index in [4.69, 9.17) is 14.6 Å². The van der Waals surface area contributed by atoms with Crippen LogP contribution < -0.4 is 14.8 Å². The number of nitrogens with zero attached hydrogens (tertiary/aromatic N) is 2. The van der Waals surface area contributed by atoms with Crippen LogP contribution in [0, 0.1) is 0 Å². The van der Waals surface area contributed by atoms with E-state index in [-0.39, 0.29) is 17.3 Å². The summed E-state index contributed by atoms with van der Waals surface area (Å²) in [5, 5.41) is 20.4. The molecule has 1 unspecified atom stereocenters. The number of amidine groups is 1. The lowest BCUT2D eigenvalue weighted by Crippen LogP contribution is -2.26. The molecule has 1 fully saturated rings. The van der Waals surface area contributed by atoms with E-state index in [0.717, 1.165) is 22.5 Å². The second kappa shape index (κ2) is 10.2. The molecule has 0 aliphatic carbocycles. The van der Waals surface area contributed by atoms with Crippen LogP contribution in [0.25, 0.3) is 10.8 Å². The number of carboxylic acid groups (broad SMARTS) is 1. The molecule has 3 aromatic rings. The van der Waals surface area contributed by atoms with Gasteiger partial charge in [-0.1, -0.05) is 48.2 Å². The predicted octanol–water partition coefficient (Wildman–Crippen LogP) is 3.46. The molecule has 1 saturated heterocycles. The third-order valence-corrected chi connectivity index (χ3v) is 5.96. The van der Waals surface area contributed by atoms with Gasteiger partial charge >= 0.3 is 11.9 Å². The molecule has 3 aromatic carbocycles. The number of thioether (sulfide) groups is 1. The smallest absolute Gasteiger partial charge is 0.344 e. The van der Waals surface area contributed by atoms with Crippen LogP contribution in [0.4, 0.5) is 0 Å². The van der Waals surface area contributed by atoms with Gasteiger partial charge in [0, 0.05) is 0 Å². The van der Waals surface area contributed by atoms with Crippen molar-refractivity contribution in [2.24, 2.45) is 10.2 Å². The predicted molar refractivity (Wildman–Crippen MR) is 129 cm³/mol. The van der Waals surface area contributed by atoms with Gasteiger partial charge in [0.2, 0.25) is 5.91 Å². The first-order valence-electron chi connectivity index (χ1n) is 10.1. The minimum Gasteiger partial charge on any atom is -0.493 e. The van der Waals surface area contributed by atoms with Crippen molar-refractivity contribution in [2.45, 2.75) is 11.7 Å². The van der Waals surface area contributed by atoms with Crippen molar-refractivity contribution in [3.8, 4) is 11.5 Å². The lowest BCUT2D eigenvalue weighted by Gasteiger charge is -2.11. The Labute approximate surface area is 198 Å². The Balaban J connectivity index is 1.47. The summed E-state index contributed by atoms with van der Waals surface area (Å²) in [6, 6.07) is 17.9. The zero-order valence-corrected chi connectivity index (χ0v) is 18.7. The molecule has 2 N–H and O–H groups in total. The number of amides is 1. The minimum absolute atomic E-state index is 0.222. The Hall–Kier alpha value is -4.18. The molecule has 1 amide bonds. The van der Waals surface area contributed by atoms with E-state index in [2.05, 4.69) is 15.5 Å². The van der Waals surface area contributed by atoms with Gasteiger partial charge in [-0.2, -0.15) is 5.10 Å². The van der Waals surface area contributed by atoms with Gasteiger partial charge in [-0.25, -0.2) is 4.79 Å². The summed E-state index contributed by atoms with van der Waals surface area (Å²) < 4.78 is 11.0. The van der Waals surface area contributed by atoms with Crippen LogP contribution in [0.5, 0.6) is 11.5 Å². The first-order chi connectivity index (χ1) is 16.4. The van der Waals surface area contributed by atoms with Gasteiger partial charge in [0.15, 0.2) is 16.7 Å². The summed E-state index contributed by atoms with van der Waals surface area (Å²) >= 11 is 1.01. The first-order valence-corrected chi connectivity index (χ1v) is 11.0. The van der Waals surface area contributed by atoms with Crippen LogP contribution in [0.3, 0.4) is 0 Å². The molecule has 0 spiro atoms. The fraction of sp³-hybridized carbons (Fsp3) is 0.125. The maximum atomic E-state index is 12.8. The normalized spacial score (nSPS) is 16.7. The highest BCUT2D eigenvalue weighted by molar-refractivity contribution is 8.15. The molecule has 172 valence electrons. The molecule has 9 nitrogen and oxygen atoms in total. The number of benzene rings is 3. The molecule has 1 aliphatic heterocycles. The summed E-state index contributed by atoms with van der Waals surface area (Å²) in [4.78, 5) is 35.4. The lowest BCUT2D eigenvalue weighted by molar-refractivity contribution is -0.138. The number of esters is 1. The van der Waals surface area contributed by atoms with Crippen LogP contribution in [0.1, 0.15) is 22.3 Å². The molecule has 0 radical (unpaired) electrons. The van der Waals surface area contributed by atoms with E-state index in [1.807, 2.05) is 30.3 Å². The van der Waals surface area contributed by atoms with Crippen molar-refractivity contribution in [3.05, 3.63) is 71.8 Å². The van der Waals surface area contributed by atoms with Gasteiger partial charge in [-0.3, -0.25) is 9.59 Å². The third-order valence-electron chi connectivity index (χ3n) is 4.89. The summed E-state index contributed by atoms with van der Waals surface area (Å²) in [5.74, 6) is -1.41. The van der Waals surface area contributed by atoms with E-state index in [1.54, 1.807) is 30.3 Å². The maximum Gasteiger partial charge on any atom is 0.344 e. The Bertz CT molecular complexity index is 1330. The number of aliphatic carboxylic acids is 1. The van der Waals surface area contributed by atoms with E-state index in [1.165, 1.54) is 13.3 Å². The molecule has 34 heavy (non-hydrogen) atoms. The monoisotopic (exact) mass is 477 g/mol.